The first kappa shape index (κ1) is 13.8. The van der Waals surface area contributed by atoms with E-state index in [2.05, 4.69) is 30.2 Å². The van der Waals surface area contributed by atoms with Gasteiger partial charge in [-0.25, -0.2) is 0 Å². The van der Waals surface area contributed by atoms with Gasteiger partial charge < -0.3 is 5.32 Å². The number of rotatable bonds is 7. The average molecular weight is 234 g/mol. The van der Waals surface area contributed by atoms with Gasteiger partial charge in [0.1, 0.15) is 5.78 Å². The molecule has 0 aliphatic heterocycles. The normalized spacial score (nSPS) is 12.7. The minimum absolute atomic E-state index is 0.0276. The molecule has 3 heteroatoms. The Bertz CT molecular complexity index is 335. The number of carbonyl (C=O) groups excluding carboxylic acids is 1. The second-order valence-electron chi connectivity index (χ2n) is 4.59. The Labute approximate surface area is 104 Å². The van der Waals surface area contributed by atoms with E-state index in [0.717, 1.165) is 12.8 Å². The summed E-state index contributed by atoms with van der Waals surface area (Å²) in [4.78, 5) is 15.9. The summed E-state index contributed by atoms with van der Waals surface area (Å²) in [5.74, 6) is 0.294. The van der Waals surface area contributed by atoms with E-state index < -0.39 is 0 Å². The number of ketones is 1. The molecule has 0 fully saturated rings. The SMILES string of the molecule is CCC(=O)C(CCc1cccnc1)NC(C)C. The molecule has 0 aliphatic rings. The van der Waals surface area contributed by atoms with Crippen LogP contribution in [-0.2, 0) is 11.2 Å². The highest BCUT2D eigenvalue weighted by Gasteiger charge is 2.16. The minimum Gasteiger partial charge on any atom is -0.305 e. The Morgan fingerprint density at radius 1 is 1.47 bits per heavy atom. The van der Waals surface area contributed by atoms with Gasteiger partial charge in [0.15, 0.2) is 0 Å². The molecule has 1 N–H and O–H groups in total. The maximum absolute atomic E-state index is 11.8. The first-order chi connectivity index (χ1) is 8.13. The molecule has 0 bridgehead atoms. The molecule has 0 aromatic carbocycles. The number of aryl methyl sites for hydroxylation is 1. The molecule has 0 saturated heterocycles. The van der Waals surface area contributed by atoms with Crippen LogP contribution < -0.4 is 5.32 Å². The summed E-state index contributed by atoms with van der Waals surface area (Å²) in [7, 11) is 0. The number of hydrogen-bond donors (Lipinski definition) is 1. The fraction of sp³-hybridized carbons (Fsp3) is 0.571. The van der Waals surface area contributed by atoms with Crippen LogP contribution in [0.3, 0.4) is 0 Å². The molecular formula is C14H22N2O. The Balaban J connectivity index is 2.52. The number of nitrogens with zero attached hydrogens (tertiary/aromatic N) is 1. The zero-order chi connectivity index (χ0) is 12.7. The van der Waals surface area contributed by atoms with Gasteiger partial charge in [-0.05, 0) is 24.5 Å². The van der Waals surface area contributed by atoms with Crippen molar-refractivity contribution in [1.29, 1.82) is 0 Å². The molecule has 1 aromatic heterocycles. The summed E-state index contributed by atoms with van der Waals surface area (Å²) in [6, 6.07) is 4.29. The lowest BCUT2D eigenvalue weighted by Crippen LogP contribution is -2.40. The maximum Gasteiger partial charge on any atom is 0.149 e. The fourth-order valence-corrected chi connectivity index (χ4v) is 1.84. The standard InChI is InChI=1S/C14H22N2O/c1-4-14(17)13(16-11(2)3)8-7-12-6-5-9-15-10-12/h5-6,9-11,13,16H,4,7-8H2,1-3H3. The van der Waals surface area contributed by atoms with Gasteiger partial charge in [-0.15, -0.1) is 0 Å². The van der Waals surface area contributed by atoms with E-state index in [1.54, 1.807) is 6.20 Å². The lowest BCUT2D eigenvalue weighted by atomic mass is 10.0. The molecule has 1 aromatic rings. The quantitative estimate of drug-likeness (QED) is 0.787. The maximum atomic E-state index is 11.8. The van der Waals surface area contributed by atoms with E-state index >= 15 is 0 Å². The van der Waals surface area contributed by atoms with Crippen LogP contribution in [0.25, 0.3) is 0 Å². The molecule has 1 unspecified atom stereocenters. The van der Waals surface area contributed by atoms with Crippen molar-refractivity contribution in [3.63, 3.8) is 0 Å². The molecule has 17 heavy (non-hydrogen) atoms. The first-order valence-corrected chi connectivity index (χ1v) is 6.31. The van der Waals surface area contributed by atoms with Crippen LogP contribution in [0, 0.1) is 0 Å². The van der Waals surface area contributed by atoms with Crippen LogP contribution >= 0.6 is 0 Å². The van der Waals surface area contributed by atoms with Gasteiger partial charge in [0, 0.05) is 24.9 Å². The number of aromatic nitrogens is 1. The minimum atomic E-state index is -0.0276. The van der Waals surface area contributed by atoms with Crippen molar-refractivity contribution in [2.75, 3.05) is 0 Å². The summed E-state index contributed by atoms with van der Waals surface area (Å²) < 4.78 is 0. The average Bonchev–Trinajstić information content (AvgIpc) is 2.34. The molecule has 0 radical (unpaired) electrons. The lowest BCUT2D eigenvalue weighted by Gasteiger charge is -2.19. The van der Waals surface area contributed by atoms with Crippen LogP contribution in [0.5, 0.6) is 0 Å². The predicted molar refractivity (Wildman–Crippen MR) is 69.9 cm³/mol. The third-order valence-corrected chi connectivity index (χ3v) is 2.72. The van der Waals surface area contributed by atoms with Crippen molar-refractivity contribution in [2.24, 2.45) is 0 Å². The third-order valence-electron chi connectivity index (χ3n) is 2.72. The largest absolute Gasteiger partial charge is 0.305 e. The van der Waals surface area contributed by atoms with Gasteiger partial charge >= 0.3 is 0 Å². The number of nitrogens with one attached hydrogen (secondary N) is 1. The van der Waals surface area contributed by atoms with E-state index in [9.17, 15) is 4.79 Å². The topological polar surface area (TPSA) is 42.0 Å². The van der Waals surface area contributed by atoms with Crippen LogP contribution in [0.15, 0.2) is 24.5 Å². The van der Waals surface area contributed by atoms with Gasteiger partial charge in [0.05, 0.1) is 6.04 Å². The zero-order valence-electron chi connectivity index (χ0n) is 10.9. The smallest absolute Gasteiger partial charge is 0.149 e. The van der Waals surface area contributed by atoms with Crippen LogP contribution in [0.4, 0.5) is 0 Å². The Hall–Kier alpha value is -1.22. The molecule has 0 spiro atoms. The molecule has 1 atom stereocenters. The number of hydrogen-bond acceptors (Lipinski definition) is 3. The Morgan fingerprint density at radius 2 is 2.24 bits per heavy atom. The van der Waals surface area contributed by atoms with Gasteiger partial charge in [-0.1, -0.05) is 26.8 Å². The fourth-order valence-electron chi connectivity index (χ4n) is 1.84. The highest BCUT2D eigenvalue weighted by molar-refractivity contribution is 5.83. The van der Waals surface area contributed by atoms with Crippen molar-refractivity contribution in [3.05, 3.63) is 30.1 Å². The predicted octanol–water partition coefficient (Wildman–Crippen LogP) is 2.36. The summed E-state index contributed by atoms with van der Waals surface area (Å²) in [5.41, 5.74) is 1.19. The van der Waals surface area contributed by atoms with E-state index in [1.165, 1.54) is 5.56 Å². The zero-order valence-corrected chi connectivity index (χ0v) is 10.9. The van der Waals surface area contributed by atoms with Crippen LogP contribution in [0.1, 0.15) is 39.2 Å². The van der Waals surface area contributed by atoms with Gasteiger partial charge in [-0.2, -0.15) is 0 Å². The Kier molecular flexibility index (Phi) is 5.84. The third kappa shape index (κ3) is 5.09. The summed E-state index contributed by atoms with van der Waals surface area (Å²) in [6.07, 6.45) is 5.96. The van der Waals surface area contributed by atoms with Crippen molar-refractivity contribution in [3.8, 4) is 0 Å². The second-order valence-corrected chi connectivity index (χ2v) is 4.59. The molecule has 0 aliphatic carbocycles. The monoisotopic (exact) mass is 234 g/mol. The van der Waals surface area contributed by atoms with E-state index in [0.29, 0.717) is 18.2 Å². The molecular weight excluding hydrogens is 212 g/mol. The number of Topliss-reactive ketones (excluding diaryl/α,β-unsaturated/α-hetero) is 1. The van der Waals surface area contributed by atoms with Crippen molar-refractivity contribution in [1.82, 2.24) is 10.3 Å². The van der Waals surface area contributed by atoms with Crippen LogP contribution in [-0.4, -0.2) is 22.9 Å². The second kappa shape index (κ2) is 7.17. The van der Waals surface area contributed by atoms with Crippen molar-refractivity contribution in [2.45, 2.75) is 52.1 Å². The van der Waals surface area contributed by atoms with E-state index in [1.807, 2.05) is 19.2 Å². The summed E-state index contributed by atoms with van der Waals surface area (Å²) in [5, 5.41) is 3.33. The van der Waals surface area contributed by atoms with E-state index in [4.69, 9.17) is 0 Å². The lowest BCUT2D eigenvalue weighted by molar-refractivity contribution is -0.121. The number of pyridine rings is 1. The summed E-state index contributed by atoms with van der Waals surface area (Å²) >= 11 is 0. The van der Waals surface area contributed by atoms with Crippen molar-refractivity contribution < 1.29 is 4.79 Å². The van der Waals surface area contributed by atoms with Crippen molar-refractivity contribution >= 4 is 5.78 Å². The molecule has 3 nitrogen and oxygen atoms in total. The van der Waals surface area contributed by atoms with Gasteiger partial charge in [0.2, 0.25) is 0 Å². The Morgan fingerprint density at radius 3 is 2.76 bits per heavy atom. The van der Waals surface area contributed by atoms with Gasteiger partial charge in [0.25, 0.3) is 0 Å². The van der Waals surface area contributed by atoms with Crippen LogP contribution in [0.2, 0.25) is 0 Å². The number of carbonyl (C=O) groups is 1. The van der Waals surface area contributed by atoms with Gasteiger partial charge in [-0.3, -0.25) is 9.78 Å². The van der Waals surface area contributed by atoms with E-state index in [-0.39, 0.29) is 6.04 Å². The highest BCUT2D eigenvalue weighted by atomic mass is 16.1. The first-order valence-electron chi connectivity index (χ1n) is 6.31. The summed E-state index contributed by atoms with van der Waals surface area (Å²) in [6.45, 7) is 6.06. The molecule has 94 valence electrons. The molecule has 1 heterocycles. The molecule has 0 saturated carbocycles. The highest BCUT2D eigenvalue weighted by Crippen LogP contribution is 2.06. The molecule has 0 amide bonds. The molecule has 1 rings (SSSR count).